The zero-order valence-electron chi connectivity index (χ0n) is 28.0. The summed E-state index contributed by atoms with van der Waals surface area (Å²) < 4.78 is 53.6. The van der Waals surface area contributed by atoms with Crippen LogP contribution in [-0.4, -0.2) is 89.7 Å². The van der Waals surface area contributed by atoms with Gasteiger partial charge in [0.2, 0.25) is 0 Å². The van der Waals surface area contributed by atoms with Gasteiger partial charge >= 0.3 is 6.09 Å². The molecular formula is C35H41F2N5O6. The Morgan fingerprint density at radius 1 is 1.08 bits per heavy atom. The number of nitrogens with one attached hydrogen (secondary N) is 1. The number of hydrogen-bond acceptors (Lipinski definition) is 9. The molecular weight excluding hydrogens is 624 g/mol. The van der Waals surface area contributed by atoms with E-state index in [1.165, 1.54) is 19.4 Å². The number of aryl methyl sites for hydroxylation is 1. The van der Waals surface area contributed by atoms with Gasteiger partial charge in [-0.05, 0) is 74.6 Å². The van der Waals surface area contributed by atoms with Gasteiger partial charge in [-0.3, -0.25) is 19.7 Å². The third kappa shape index (κ3) is 7.07. The van der Waals surface area contributed by atoms with Crippen molar-refractivity contribution in [2.24, 2.45) is 5.41 Å². The van der Waals surface area contributed by atoms with Gasteiger partial charge in [0.1, 0.15) is 28.4 Å². The molecule has 2 aromatic carbocycles. The van der Waals surface area contributed by atoms with Gasteiger partial charge in [-0.25, -0.2) is 13.6 Å². The summed E-state index contributed by atoms with van der Waals surface area (Å²) in [5.41, 5.74) is -0.839. The fourth-order valence-electron chi connectivity index (χ4n) is 6.17. The number of piperazine rings is 1. The van der Waals surface area contributed by atoms with Crippen molar-refractivity contribution in [1.82, 2.24) is 24.8 Å². The third-order valence-electron chi connectivity index (χ3n) is 8.82. The van der Waals surface area contributed by atoms with Gasteiger partial charge in [-0.1, -0.05) is 13.0 Å². The monoisotopic (exact) mass is 665 g/mol. The minimum absolute atomic E-state index is 0.0365. The van der Waals surface area contributed by atoms with E-state index in [4.69, 9.17) is 18.9 Å². The minimum atomic E-state index is -0.830. The number of rotatable bonds is 10. The summed E-state index contributed by atoms with van der Waals surface area (Å²) in [5.74, 6) is -0.857. The summed E-state index contributed by atoms with van der Waals surface area (Å²) >= 11 is 0. The van der Waals surface area contributed by atoms with Gasteiger partial charge in [0.15, 0.2) is 12.6 Å². The van der Waals surface area contributed by atoms with Gasteiger partial charge in [0, 0.05) is 57.0 Å². The predicted octanol–water partition coefficient (Wildman–Crippen LogP) is 5.67. The van der Waals surface area contributed by atoms with Crippen molar-refractivity contribution in [2.45, 2.75) is 52.6 Å². The number of halogens is 2. The zero-order valence-corrected chi connectivity index (χ0v) is 28.0. The lowest BCUT2D eigenvalue weighted by molar-refractivity contribution is 0.0119. The highest BCUT2D eigenvalue weighted by Gasteiger charge is 2.45. The van der Waals surface area contributed by atoms with Crippen molar-refractivity contribution < 1.29 is 32.5 Å². The smallest absolute Gasteiger partial charge is 0.410 e. The number of nitrogens with zero attached hydrogens (tertiary/aromatic N) is 4. The number of fused-ring (bicyclic) bond motifs is 2. The Bertz CT molecular complexity index is 1900. The average Bonchev–Trinajstić information content (AvgIpc) is 3.82. The van der Waals surface area contributed by atoms with Crippen LogP contribution in [0, 0.1) is 17.0 Å². The van der Waals surface area contributed by atoms with Crippen LogP contribution in [0.2, 0.25) is 0 Å². The van der Waals surface area contributed by atoms with Crippen LogP contribution in [-0.2, 0) is 15.9 Å². The van der Waals surface area contributed by atoms with Crippen LogP contribution in [0.15, 0.2) is 35.3 Å². The number of carbonyl (C=O) groups is 1. The number of aromatic amines is 1. The maximum Gasteiger partial charge on any atom is 0.410 e. The minimum Gasteiger partial charge on any atom is -0.468 e. The average molecular weight is 666 g/mol. The Morgan fingerprint density at radius 2 is 1.83 bits per heavy atom. The number of methoxy groups -OCH3 is 1. The molecule has 6 rings (SSSR count). The van der Waals surface area contributed by atoms with Gasteiger partial charge < -0.3 is 23.8 Å². The van der Waals surface area contributed by atoms with Gasteiger partial charge in [0.25, 0.3) is 11.6 Å². The van der Waals surface area contributed by atoms with Gasteiger partial charge in [0.05, 0.1) is 12.0 Å². The first kappa shape index (κ1) is 33.5. The van der Waals surface area contributed by atoms with E-state index in [1.54, 1.807) is 23.1 Å². The number of pyridine rings is 1. The summed E-state index contributed by atoms with van der Waals surface area (Å²) in [6.45, 7) is 11.0. The molecule has 1 N–H and O–H groups in total. The lowest BCUT2D eigenvalue weighted by Gasteiger charge is -2.37. The second kappa shape index (κ2) is 13.3. The fourth-order valence-corrected chi connectivity index (χ4v) is 6.17. The van der Waals surface area contributed by atoms with Crippen LogP contribution in [0.25, 0.3) is 32.9 Å². The first-order valence-electron chi connectivity index (χ1n) is 16.2. The molecule has 1 saturated heterocycles. The fraction of sp³-hybridized carbons (Fsp3) is 0.486. The lowest BCUT2D eigenvalue weighted by atomic mass is 9.94. The van der Waals surface area contributed by atoms with E-state index in [0.717, 1.165) is 19.4 Å². The third-order valence-corrected chi connectivity index (χ3v) is 8.82. The second-order valence-corrected chi connectivity index (χ2v) is 13.6. The topological polar surface area (TPSA) is 119 Å². The van der Waals surface area contributed by atoms with Gasteiger partial charge in [-0.2, -0.15) is 4.98 Å². The summed E-state index contributed by atoms with van der Waals surface area (Å²) in [7, 11) is 1.49. The molecule has 0 unspecified atom stereocenters. The molecule has 2 fully saturated rings. The largest absolute Gasteiger partial charge is 0.468 e. The Kier molecular flexibility index (Phi) is 9.27. The Morgan fingerprint density at radius 3 is 2.50 bits per heavy atom. The summed E-state index contributed by atoms with van der Waals surface area (Å²) in [5, 5.41) is 1.10. The van der Waals surface area contributed by atoms with E-state index in [9.17, 15) is 14.0 Å². The van der Waals surface area contributed by atoms with Crippen LogP contribution in [0.5, 0.6) is 11.8 Å². The molecule has 1 amide bonds. The van der Waals surface area contributed by atoms with Crippen LogP contribution in [0.1, 0.15) is 46.1 Å². The van der Waals surface area contributed by atoms with Crippen LogP contribution in [0.4, 0.5) is 13.6 Å². The van der Waals surface area contributed by atoms with E-state index in [1.807, 2.05) is 27.7 Å². The van der Waals surface area contributed by atoms with E-state index in [-0.39, 0.29) is 47.5 Å². The quantitative estimate of drug-likeness (QED) is 0.214. The van der Waals surface area contributed by atoms with Gasteiger partial charge in [-0.15, -0.1) is 0 Å². The van der Waals surface area contributed by atoms with E-state index >= 15 is 4.39 Å². The number of hydrogen-bond donors (Lipinski definition) is 1. The molecule has 0 atom stereocenters. The second-order valence-electron chi connectivity index (χ2n) is 13.6. The van der Waals surface area contributed by atoms with E-state index in [2.05, 4.69) is 19.9 Å². The Labute approximate surface area is 277 Å². The summed E-state index contributed by atoms with van der Waals surface area (Å²) in [4.78, 5) is 40.8. The summed E-state index contributed by atoms with van der Waals surface area (Å²) in [6, 6.07) is 6.21. The number of benzene rings is 2. The zero-order chi connectivity index (χ0) is 34.2. The molecule has 11 nitrogen and oxygen atoms in total. The molecule has 1 aliphatic carbocycles. The molecule has 2 aromatic heterocycles. The Balaban J connectivity index is 1.23. The molecule has 256 valence electrons. The standard InChI is InChI=1S/C35H41F2N5O6/c1-6-23-26(36)8-7-21-15-22(47-20-45-5)16-24(27(21)23)29-28(37)30-25(17-38-29)31(43)40-32(39-30)46-19-35(9-10-35)18-41-11-13-42(14-12-41)33(44)48-34(2,3)4/h7-8,15-17H,6,9-14,18-20H2,1-5H3,(H,39,40,43). The Hall–Kier alpha value is -4.36. The molecule has 0 spiro atoms. The van der Waals surface area contributed by atoms with Crippen molar-refractivity contribution in [1.29, 1.82) is 0 Å². The molecule has 1 saturated carbocycles. The van der Waals surface area contributed by atoms with Crippen LogP contribution in [0.3, 0.4) is 0 Å². The van der Waals surface area contributed by atoms with Crippen LogP contribution < -0.4 is 15.0 Å². The molecule has 0 bridgehead atoms. The number of H-pyrrole nitrogens is 1. The summed E-state index contributed by atoms with van der Waals surface area (Å²) in [6.07, 6.45) is 3.19. The van der Waals surface area contributed by atoms with Crippen molar-refractivity contribution >= 4 is 27.8 Å². The van der Waals surface area contributed by atoms with Crippen molar-refractivity contribution in [3.05, 3.63) is 58.0 Å². The lowest BCUT2D eigenvalue weighted by Crippen LogP contribution is -2.51. The van der Waals surface area contributed by atoms with Crippen molar-refractivity contribution in [3.63, 3.8) is 0 Å². The number of carbonyl (C=O) groups excluding carboxylic acids is 1. The van der Waals surface area contributed by atoms with E-state index in [0.29, 0.717) is 60.2 Å². The maximum atomic E-state index is 16.4. The number of amides is 1. The predicted molar refractivity (Wildman–Crippen MR) is 176 cm³/mol. The molecule has 4 aromatic rings. The molecule has 2 aliphatic rings. The highest BCUT2D eigenvalue weighted by Crippen LogP contribution is 2.46. The normalized spacial score (nSPS) is 16.4. The molecule has 1 aliphatic heterocycles. The van der Waals surface area contributed by atoms with E-state index < -0.39 is 22.8 Å². The molecule has 48 heavy (non-hydrogen) atoms. The maximum absolute atomic E-state index is 16.4. The van der Waals surface area contributed by atoms with Crippen molar-refractivity contribution in [2.75, 3.05) is 53.2 Å². The first-order chi connectivity index (χ1) is 22.9. The molecule has 3 heterocycles. The first-order valence-corrected chi connectivity index (χ1v) is 16.2. The SMILES string of the molecule is CCc1c(F)ccc2cc(OCOC)cc(-c3ncc4c(=O)[nH]c(OCC5(CN6CCN(C(=O)OC(C)(C)C)CC6)CC5)nc4c3F)c12. The highest BCUT2D eigenvalue weighted by atomic mass is 19.1. The van der Waals surface area contributed by atoms with Crippen LogP contribution >= 0.6 is 0 Å². The molecule has 0 radical (unpaired) electrons. The van der Waals surface area contributed by atoms with Crippen molar-refractivity contribution in [3.8, 4) is 23.0 Å². The highest BCUT2D eigenvalue weighted by molar-refractivity contribution is 6.01. The number of aromatic nitrogens is 3. The molecule has 13 heteroatoms. The number of ether oxygens (including phenoxy) is 4.